The molecule has 0 amide bonds. The van der Waals surface area contributed by atoms with Crippen molar-refractivity contribution in [3.05, 3.63) is 5.01 Å². The maximum Gasteiger partial charge on any atom is 0.174 e. The van der Waals surface area contributed by atoms with Crippen LogP contribution in [0.3, 0.4) is 0 Å². The molecule has 2 nitrogen and oxygen atoms in total. The summed E-state index contributed by atoms with van der Waals surface area (Å²) in [4.78, 5) is 0. The Bertz CT molecular complexity index is 170. The van der Waals surface area contributed by atoms with Crippen molar-refractivity contribution in [2.45, 2.75) is 11.0 Å². The molecule has 0 radical (unpaired) electrons. The average molecular weight is 164 g/mol. The van der Waals surface area contributed by atoms with Gasteiger partial charge in [-0.1, -0.05) is 23.1 Å². The van der Waals surface area contributed by atoms with Gasteiger partial charge in [-0.15, -0.1) is 10.2 Å². The van der Waals surface area contributed by atoms with Gasteiger partial charge in [0.15, 0.2) is 4.34 Å². The second-order valence-corrected chi connectivity index (χ2v) is 3.41. The summed E-state index contributed by atoms with van der Waals surface area (Å²) in [5.41, 5.74) is 0. The Kier molecular flexibility index (Phi) is 2.41. The summed E-state index contributed by atoms with van der Waals surface area (Å²) in [5, 5.41) is 7.73. The highest BCUT2D eigenvalue weighted by molar-refractivity contribution is 8.00. The Hall–Kier alpha value is -0.160. The quantitative estimate of drug-likeness (QED) is 0.622. The maximum absolute atomic E-state index is 11.8. The molecule has 1 aromatic heterocycles. The second kappa shape index (κ2) is 3.12. The monoisotopic (exact) mass is 164 g/mol. The van der Waals surface area contributed by atoms with Crippen molar-refractivity contribution in [3.63, 3.8) is 0 Å². The summed E-state index contributed by atoms with van der Waals surface area (Å²) in [6, 6.07) is 0. The van der Waals surface area contributed by atoms with Gasteiger partial charge in [0.05, 0.1) is 0 Å². The van der Waals surface area contributed by atoms with E-state index in [1.54, 1.807) is 0 Å². The first-order valence-corrected chi connectivity index (χ1v) is 4.33. The summed E-state index contributed by atoms with van der Waals surface area (Å²) in [6.45, 7) is -0.502. The number of hydrogen-bond acceptors (Lipinski definition) is 4. The van der Waals surface area contributed by atoms with E-state index in [2.05, 4.69) is 10.2 Å². The van der Waals surface area contributed by atoms with Gasteiger partial charge < -0.3 is 0 Å². The van der Waals surface area contributed by atoms with E-state index in [1.807, 2.05) is 6.26 Å². The van der Waals surface area contributed by atoms with Crippen molar-refractivity contribution in [1.29, 1.82) is 0 Å². The molecule has 0 aromatic carbocycles. The molecule has 0 spiro atoms. The lowest BCUT2D eigenvalue weighted by Gasteiger charge is -1.77. The fourth-order valence-electron chi connectivity index (χ4n) is 0.375. The first-order valence-electron chi connectivity index (χ1n) is 2.29. The second-order valence-electron chi connectivity index (χ2n) is 1.30. The van der Waals surface area contributed by atoms with Gasteiger partial charge in [0.2, 0.25) is 0 Å². The highest BCUT2D eigenvalue weighted by Gasteiger charge is 1.99. The molecule has 0 atom stereocenters. The molecule has 0 saturated carbocycles. The number of hydrogen-bond donors (Lipinski definition) is 0. The summed E-state index contributed by atoms with van der Waals surface area (Å²) >= 11 is 2.78. The third-order valence-electron chi connectivity index (χ3n) is 0.737. The van der Waals surface area contributed by atoms with Crippen LogP contribution in [0.25, 0.3) is 0 Å². The van der Waals surface area contributed by atoms with Gasteiger partial charge in [0, 0.05) is 0 Å². The molecule has 0 bridgehead atoms. The molecule has 0 aliphatic carbocycles. The molecule has 1 rings (SSSR count). The van der Waals surface area contributed by atoms with E-state index in [0.29, 0.717) is 5.01 Å². The molecule has 9 heavy (non-hydrogen) atoms. The lowest BCUT2D eigenvalue weighted by molar-refractivity contribution is 0.481. The minimum absolute atomic E-state index is 0.458. The topological polar surface area (TPSA) is 25.8 Å². The van der Waals surface area contributed by atoms with Crippen LogP contribution in [-0.2, 0) is 6.67 Å². The van der Waals surface area contributed by atoms with Gasteiger partial charge in [-0.25, -0.2) is 4.39 Å². The normalized spacial score (nSPS) is 10.0. The van der Waals surface area contributed by atoms with Gasteiger partial charge in [-0.2, -0.15) is 0 Å². The summed E-state index contributed by atoms with van der Waals surface area (Å²) in [7, 11) is 0. The van der Waals surface area contributed by atoms with E-state index in [1.165, 1.54) is 23.1 Å². The summed E-state index contributed by atoms with van der Waals surface area (Å²) < 4.78 is 12.6. The third-order valence-corrected chi connectivity index (χ3v) is 2.60. The first kappa shape index (κ1) is 6.95. The number of alkyl halides is 1. The molecule has 0 fully saturated rings. The minimum atomic E-state index is -0.502. The van der Waals surface area contributed by atoms with E-state index in [4.69, 9.17) is 0 Å². The van der Waals surface area contributed by atoms with E-state index >= 15 is 0 Å². The van der Waals surface area contributed by atoms with Gasteiger partial charge in [0.25, 0.3) is 0 Å². The molecule has 50 valence electrons. The van der Waals surface area contributed by atoms with Crippen molar-refractivity contribution in [1.82, 2.24) is 10.2 Å². The zero-order valence-corrected chi connectivity index (χ0v) is 6.43. The molecule has 0 aliphatic heterocycles. The largest absolute Gasteiger partial charge is 0.243 e. The van der Waals surface area contributed by atoms with Gasteiger partial charge in [-0.05, 0) is 6.26 Å². The lowest BCUT2D eigenvalue weighted by atomic mass is 10.8. The van der Waals surface area contributed by atoms with E-state index in [-0.39, 0.29) is 0 Å². The first-order chi connectivity index (χ1) is 4.36. The molecule has 0 saturated heterocycles. The highest BCUT2D eigenvalue weighted by atomic mass is 32.2. The number of rotatable bonds is 2. The van der Waals surface area contributed by atoms with Crippen LogP contribution in [0.1, 0.15) is 5.01 Å². The van der Waals surface area contributed by atoms with Crippen LogP contribution in [-0.4, -0.2) is 16.5 Å². The minimum Gasteiger partial charge on any atom is -0.243 e. The Morgan fingerprint density at radius 2 is 2.44 bits per heavy atom. The van der Waals surface area contributed by atoms with Crippen LogP contribution in [0.5, 0.6) is 0 Å². The van der Waals surface area contributed by atoms with Gasteiger partial charge in [0.1, 0.15) is 11.7 Å². The molecule has 0 aliphatic rings. The van der Waals surface area contributed by atoms with Crippen LogP contribution in [0.4, 0.5) is 4.39 Å². The fourth-order valence-corrected chi connectivity index (χ4v) is 1.54. The number of halogens is 1. The Labute approximate surface area is 60.5 Å². The lowest BCUT2D eigenvalue weighted by Crippen LogP contribution is -1.73. The van der Waals surface area contributed by atoms with Crippen molar-refractivity contribution >= 4 is 23.1 Å². The van der Waals surface area contributed by atoms with E-state index < -0.39 is 6.67 Å². The maximum atomic E-state index is 11.8. The van der Waals surface area contributed by atoms with Crippen LogP contribution >= 0.6 is 23.1 Å². The predicted octanol–water partition coefficient (Wildman–Crippen LogP) is 1.73. The average Bonchev–Trinajstić information content (AvgIpc) is 2.34. The molecular formula is C4H5FN2S2. The number of thioether (sulfide) groups is 1. The Morgan fingerprint density at radius 1 is 1.67 bits per heavy atom. The van der Waals surface area contributed by atoms with Gasteiger partial charge in [-0.3, -0.25) is 0 Å². The van der Waals surface area contributed by atoms with Crippen LogP contribution < -0.4 is 0 Å². The van der Waals surface area contributed by atoms with Crippen molar-refractivity contribution in [2.75, 3.05) is 6.26 Å². The SMILES string of the molecule is CSc1nnc(CF)s1. The molecule has 0 N–H and O–H groups in total. The van der Waals surface area contributed by atoms with E-state index in [0.717, 1.165) is 4.34 Å². The summed E-state index contributed by atoms with van der Waals surface area (Å²) in [5.74, 6) is 0. The van der Waals surface area contributed by atoms with Crippen molar-refractivity contribution < 1.29 is 4.39 Å². The van der Waals surface area contributed by atoms with Crippen molar-refractivity contribution in [2.24, 2.45) is 0 Å². The predicted molar refractivity (Wildman–Crippen MR) is 36.5 cm³/mol. The van der Waals surface area contributed by atoms with Crippen LogP contribution in [0, 0.1) is 0 Å². The molecule has 1 aromatic rings. The van der Waals surface area contributed by atoms with E-state index in [9.17, 15) is 4.39 Å². The van der Waals surface area contributed by atoms with Gasteiger partial charge >= 0.3 is 0 Å². The zero-order chi connectivity index (χ0) is 6.69. The number of aromatic nitrogens is 2. The van der Waals surface area contributed by atoms with Crippen LogP contribution in [0.2, 0.25) is 0 Å². The van der Waals surface area contributed by atoms with Crippen molar-refractivity contribution in [3.8, 4) is 0 Å². The number of nitrogens with zero attached hydrogens (tertiary/aromatic N) is 2. The zero-order valence-electron chi connectivity index (χ0n) is 4.80. The molecular weight excluding hydrogens is 159 g/mol. The summed E-state index contributed by atoms with van der Waals surface area (Å²) in [6.07, 6.45) is 1.89. The molecule has 1 heterocycles. The van der Waals surface area contributed by atoms with Crippen LogP contribution in [0.15, 0.2) is 4.34 Å². The fraction of sp³-hybridized carbons (Fsp3) is 0.500. The Balaban J connectivity index is 2.74. The standard InChI is InChI=1S/C4H5FN2S2/c1-8-4-7-6-3(2-5)9-4/h2H2,1H3. The Morgan fingerprint density at radius 3 is 2.78 bits per heavy atom. The smallest absolute Gasteiger partial charge is 0.174 e. The molecule has 0 unspecified atom stereocenters. The third kappa shape index (κ3) is 1.62. The molecule has 5 heteroatoms. The highest BCUT2D eigenvalue weighted by Crippen LogP contribution is 2.19.